The summed E-state index contributed by atoms with van der Waals surface area (Å²) in [6.07, 6.45) is 0.971. The number of hydrogen-bond donors (Lipinski definition) is 1. The van der Waals surface area contributed by atoms with Crippen molar-refractivity contribution >= 4 is 15.9 Å². The summed E-state index contributed by atoms with van der Waals surface area (Å²) in [5.74, 6) is 1.59. The predicted molar refractivity (Wildman–Crippen MR) is 98.1 cm³/mol. The van der Waals surface area contributed by atoms with Crippen molar-refractivity contribution in [1.82, 2.24) is 5.32 Å². The normalized spacial score (nSPS) is 10.6. The highest BCUT2D eigenvalue weighted by Gasteiger charge is 2.12. The van der Waals surface area contributed by atoms with Crippen molar-refractivity contribution in [3.05, 3.63) is 58.1 Å². The molecule has 0 radical (unpaired) electrons. The lowest BCUT2D eigenvalue weighted by Crippen LogP contribution is -2.13. The van der Waals surface area contributed by atoms with E-state index in [1.54, 1.807) is 0 Å². The fraction of sp³-hybridized carbons (Fsp3) is 0.368. The Morgan fingerprint density at radius 3 is 2.39 bits per heavy atom. The molecule has 124 valence electrons. The summed E-state index contributed by atoms with van der Waals surface area (Å²) in [6.45, 7) is 7.01. The number of halogens is 1. The molecule has 1 N–H and O–H groups in total. The number of rotatable bonds is 9. The quantitative estimate of drug-likeness (QED) is 0.672. The molecule has 2 rings (SSSR count). The number of nitrogens with one attached hydrogen (secondary N) is 1. The fourth-order valence-corrected chi connectivity index (χ4v) is 2.88. The van der Waals surface area contributed by atoms with E-state index in [0.717, 1.165) is 35.5 Å². The lowest BCUT2D eigenvalue weighted by atomic mass is 10.2. The highest BCUT2D eigenvalue weighted by Crippen LogP contribution is 2.37. The highest BCUT2D eigenvalue weighted by molar-refractivity contribution is 9.10. The molecule has 0 atom stereocenters. The van der Waals surface area contributed by atoms with Gasteiger partial charge in [0.25, 0.3) is 0 Å². The lowest BCUT2D eigenvalue weighted by molar-refractivity contribution is 0.275. The molecule has 4 heteroatoms. The SMILES string of the molecule is CCCOc1c(Br)cc(CNCc2ccccc2)cc1OCC. The summed E-state index contributed by atoms with van der Waals surface area (Å²) < 4.78 is 12.5. The second-order valence-electron chi connectivity index (χ2n) is 5.28. The van der Waals surface area contributed by atoms with Crippen LogP contribution in [0.5, 0.6) is 11.5 Å². The molecule has 0 aliphatic rings. The molecule has 0 amide bonds. The largest absolute Gasteiger partial charge is 0.490 e. The average Bonchev–Trinajstić information content (AvgIpc) is 2.55. The van der Waals surface area contributed by atoms with Gasteiger partial charge in [-0.15, -0.1) is 0 Å². The molecule has 2 aromatic rings. The zero-order valence-electron chi connectivity index (χ0n) is 13.8. The lowest BCUT2D eigenvalue weighted by Gasteiger charge is -2.15. The van der Waals surface area contributed by atoms with E-state index < -0.39 is 0 Å². The molecule has 0 aliphatic heterocycles. The van der Waals surface area contributed by atoms with Gasteiger partial charge in [0, 0.05) is 13.1 Å². The zero-order chi connectivity index (χ0) is 16.5. The van der Waals surface area contributed by atoms with Gasteiger partial charge in [-0.25, -0.2) is 0 Å². The van der Waals surface area contributed by atoms with Gasteiger partial charge in [0.05, 0.1) is 17.7 Å². The van der Waals surface area contributed by atoms with Crippen LogP contribution in [0.25, 0.3) is 0 Å². The van der Waals surface area contributed by atoms with Gasteiger partial charge in [-0.1, -0.05) is 37.3 Å². The van der Waals surface area contributed by atoms with Crippen LogP contribution >= 0.6 is 15.9 Å². The second-order valence-corrected chi connectivity index (χ2v) is 6.13. The average molecular weight is 378 g/mol. The van der Waals surface area contributed by atoms with Crippen LogP contribution in [0.2, 0.25) is 0 Å². The van der Waals surface area contributed by atoms with Gasteiger partial charge in [0.1, 0.15) is 0 Å². The number of hydrogen-bond acceptors (Lipinski definition) is 3. The zero-order valence-corrected chi connectivity index (χ0v) is 15.4. The molecule has 0 aliphatic carbocycles. The molecule has 0 saturated heterocycles. The summed E-state index contributed by atoms with van der Waals surface area (Å²) >= 11 is 3.60. The summed E-state index contributed by atoms with van der Waals surface area (Å²) in [4.78, 5) is 0. The molecule has 2 aromatic carbocycles. The monoisotopic (exact) mass is 377 g/mol. The third-order valence-electron chi connectivity index (χ3n) is 3.32. The molecular weight excluding hydrogens is 354 g/mol. The topological polar surface area (TPSA) is 30.5 Å². The van der Waals surface area contributed by atoms with Crippen molar-refractivity contribution in [2.75, 3.05) is 13.2 Å². The van der Waals surface area contributed by atoms with E-state index in [0.29, 0.717) is 13.2 Å². The first-order chi connectivity index (χ1) is 11.2. The third-order valence-corrected chi connectivity index (χ3v) is 3.91. The van der Waals surface area contributed by atoms with E-state index in [2.05, 4.69) is 64.6 Å². The first-order valence-corrected chi connectivity index (χ1v) is 8.86. The number of benzene rings is 2. The van der Waals surface area contributed by atoms with E-state index >= 15 is 0 Å². The van der Waals surface area contributed by atoms with Crippen LogP contribution in [0.4, 0.5) is 0 Å². The standard InChI is InChI=1S/C19H24BrNO2/c1-3-10-23-19-17(20)11-16(12-18(19)22-4-2)14-21-13-15-8-6-5-7-9-15/h5-9,11-12,21H,3-4,10,13-14H2,1-2H3. The molecule has 0 spiro atoms. The minimum Gasteiger partial charge on any atom is -0.490 e. The summed E-state index contributed by atoms with van der Waals surface area (Å²) in [5.41, 5.74) is 2.44. The Bertz CT molecular complexity index is 602. The Morgan fingerprint density at radius 2 is 1.70 bits per heavy atom. The number of ether oxygens (including phenoxy) is 2. The minimum absolute atomic E-state index is 0.621. The highest BCUT2D eigenvalue weighted by atomic mass is 79.9. The van der Waals surface area contributed by atoms with E-state index in [-0.39, 0.29) is 0 Å². The maximum Gasteiger partial charge on any atom is 0.175 e. The van der Waals surface area contributed by atoms with Crippen molar-refractivity contribution in [2.24, 2.45) is 0 Å². The Hall–Kier alpha value is -1.52. The molecule has 0 saturated carbocycles. The van der Waals surface area contributed by atoms with Crippen molar-refractivity contribution < 1.29 is 9.47 Å². The molecule has 0 fully saturated rings. The van der Waals surface area contributed by atoms with E-state index in [1.165, 1.54) is 11.1 Å². The third kappa shape index (κ3) is 5.56. The van der Waals surface area contributed by atoms with Crippen LogP contribution in [-0.4, -0.2) is 13.2 Å². The molecule has 0 heterocycles. The predicted octanol–water partition coefficient (Wildman–Crippen LogP) is 4.93. The van der Waals surface area contributed by atoms with E-state index in [1.807, 2.05) is 13.0 Å². The van der Waals surface area contributed by atoms with Crippen molar-refractivity contribution in [3.63, 3.8) is 0 Å². The first-order valence-electron chi connectivity index (χ1n) is 8.07. The maximum absolute atomic E-state index is 5.81. The Labute approximate surface area is 147 Å². The van der Waals surface area contributed by atoms with E-state index in [9.17, 15) is 0 Å². The summed E-state index contributed by atoms with van der Waals surface area (Å²) in [7, 11) is 0. The smallest absolute Gasteiger partial charge is 0.175 e. The van der Waals surface area contributed by atoms with Gasteiger partial charge < -0.3 is 14.8 Å². The summed E-state index contributed by atoms with van der Waals surface area (Å²) in [6, 6.07) is 14.5. The van der Waals surface area contributed by atoms with Crippen LogP contribution in [0.1, 0.15) is 31.4 Å². The molecule has 3 nitrogen and oxygen atoms in total. The minimum atomic E-state index is 0.621. The van der Waals surface area contributed by atoms with Gasteiger partial charge in [0.2, 0.25) is 0 Å². The van der Waals surface area contributed by atoms with Crippen LogP contribution in [0.15, 0.2) is 46.9 Å². The van der Waals surface area contributed by atoms with Gasteiger partial charge in [-0.05, 0) is 52.5 Å². The molecular formula is C19H24BrNO2. The molecule has 0 aromatic heterocycles. The van der Waals surface area contributed by atoms with Crippen LogP contribution in [0, 0.1) is 0 Å². The van der Waals surface area contributed by atoms with E-state index in [4.69, 9.17) is 9.47 Å². The Kier molecular flexibility index (Phi) is 7.43. The van der Waals surface area contributed by atoms with Crippen LogP contribution < -0.4 is 14.8 Å². The first kappa shape index (κ1) is 17.8. The van der Waals surface area contributed by atoms with Crippen molar-refractivity contribution in [1.29, 1.82) is 0 Å². The second kappa shape index (κ2) is 9.58. The maximum atomic E-state index is 5.81. The van der Waals surface area contributed by atoms with Crippen LogP contribution in [0.3, 0.4) is 0 Å². The van der Waals surface area contributed by atoms with Crippen LogP contribution in [-0.2, 0) is 13.1 Å². The van der Waals surface area contributed by atoms with Crippen molar-refractivity contribution in [2.45, 2.75) is 33.4 Å². The van der Waals surface area contributed by atoms with Gasteiger partial charge in [-0.3, -0.25) is 0 Å². The van der Waals surface area contributed by atoms with Gasteiger partial charge in [0.15, 0.2) is 11.5 Å². The Morgan fingerprint density at radius 1 is 0.957 bits per heavy atom. The Balaban J connectivity index is 2.03. The summed E-state index contributed by atoms with van der Waals surface area (Å²) in [5, 5.41) is 3.46. The van der Waals surface area contributed by atoms with Gasteiger partial charge in [-0.2, -0.15) is 0 Å². The van der Waals surface area contributed by atoms with Gasteiger partial charge >= 0.3 is 0 Å². The molecule has 0 unspecified atom stereocenters. The fourth-order valence-electron chi connectivity index (χ4n) is 2.28. The molecule has 0 bridgehead atoms. The van der Waals surface area contributed by atoms with Crippen molar-refractivity contribution in [3.8, 4) is 11.5 Å². The molecule has 23 heavy (non-hydrogen) atoms.